The molecule has 2 aromatic rings. The van der Waals surface area contributed by atoms with Crippen molar-refractivity contribution < 1.29 is 0 Å². The van der Waals surface area contributed by atoms with Gasteiger partial charge >= 0.3 is 0 Å². The summed E-state index contributed by atoms with van der Waals surface area (Å²) in [6, 6.07) is 14.0. The maximum Gasteiger partial charge on any atom is 0.0630 e. The van der Waals surface area contributed by atoms with Crippen LogP contribution in [0.4, 0.5) is 5.69 Å². The van der Waals surface area contributed by atoms with E-state index in [4.69, 9.17) is 0 Å². The highest BCUT2D eigenvalue weighted by Gasteiger charge is 1.87. The Balaban J connectivity index is 2.15. The minimum atomic E-state index is 0.996. The zero-order valence-corrected chi connectivity index (χ0v) is 7.87. The summed E-state index contributed by atoms with van der Waals surface area (Å²) in [5.74, 6) is 0. The summed E-state index contributed by atoms with van der Waals surface area (Å²) in [7, 11) is 0. The molecule has 0 N–H and O–H groups in total. The Kier molecular flexibility index (Phi) is 2.53. The molecular formula is C11H9NS. The highest BCUT2D eigenvalue weighted by molar-refractivity contribution is 7.11. The van der Waals surface area contributed by atoms with Gasteiger partial charge in [-0.25, -0.2) is 0 Å². The molecule has 1 aromatic heterocycles. The molecule has 0 aliphatic carbocycles. The molecular weight excluding hydrogens is 178 g/mol. The molecule has 0 aliphatic heterocycles. The molecule has 0 amide bonds. The summed E-state index contributed by atoms with van der Waals surface area (Å²) in [6.45, 7) is 0. The number of thiophene rings is 1. The smallest absolute Gasteiger partial charge is 0.0630 e. The Labute approximate surface area is 81.4 Å². The van der Waals surface area contributed by atoms with Gasteiger partial charge in [-0.1, -0.05) is 24.3 Å². The highest BCUT2D eigenvalue weighted by atomic mass is 32.1. The summed E-state index contributed by atoms with van der Waals surface area (Å²) < 4.78 is 0. The minimum absolute atomic E-state index is 0.996. The van der Waals surface area contributed by atoms with Crippen LogP contribution in [-0.4, -0.2) is 6.21 Å². The van der Waals surface area contributed by atoms with Crippen molar-refractivity contribution in [2.75, 3.05) is 0 Å². The second kappa shape index (κ2) is 4.01. The summed E-state index contributed by atoms with van der Waals surface area (Å²) >= 11 is 1.69. The third-order valence-electron chi connectivity index (χ3n) is 1.64. The first-order valence-electron chi connectivity index (χ1n) is 4.08. The first-order chi connectivity index (χ1) is 6.45. The van der Waals surface area contributed by atoms with Crippen LogP contribution in [-0.2, 0) is 0 Å². The molecule has 0 saturated carbocycles. The standard InChI is InChI=1S/C11H9NS/c1-2-5-10(6-3-1)12-9-11-7-4-8-13-11/h1-9H. The van der Waals surface area contributed by atoms with Crippen molar-refractivity contribution in [2.24, 2.45) is 4.99 Å². The highest BCUT2D eigenvalue weighted by Crippen LogP contribution is 2.11. The summed E-state index contributed by atoms with van der Waals surface area (Å²) in [6.07, 6.45) is 1.89. The largest absolute Gasteiger partial charge is 0.255 e. The van der Waals surface area contributed by atoms with Crippen molar-refractivity contribution in [3.8, 4) is 0 Å². The molecule has 0 atom stereocenters. The van der Waals surface area contributed by atoms with Crippen LogP contribution in [0.15, 0.2) is 52.8 Å². The van der Waals surface area contributed by atoms with Gasteiger partial charge in [0, 0.05) is 11.1 Å². The van der Waals surface area contributed by atoms with Crippen molar-refractivity contribution in [3.05, 3.63) is 52.7 Å². The molecule has 0 bridgehead atoms. The minimum Gasteiger partial charge on any atom is -0.255 e. The number of hydrogen-bond acceptors (Lipinski definition) is 2. The van der Waals surface area contributed by atoms with Gasteiger partial charge in [-0.05, 0) is 23.6 Å². The van der Waals surface area contributed by atoms with Crippen LogP contribution in [0.25, 0.3) is 0 Å². The van der Waals surface area contributed by atoms with Crippen molar-refractivity contribution in [3.63, 3.8) is 0 Å². The lowest BCUT2D eigenvalue weighted by Crippen LogP contribution is -1.70. The van der Waals surface area contributed by atoms with E-state index < -0.39 is 0 Å². The van der Waals surface area contributed by atoms with E-state index in [9.17, 15) is 0 Å². The summed E-state index contributed by atoms with van der Waals surface area (Å²) in [5.41, 5.74) is 0.996. The van der Waals surface area contributed by atoms with Crippen molar-refractivity contribution in [2.45, 2.75) is 0 Å². The fourth-order valence-electron chi connectivity index (χ4n) is 1.02. The van der Waals surface area contributed by atoms with E-state index in [-0.39, 0.29) is 0 Å². The molecule has 2 heteroatoms. The zero-order chi connectivity index (χ0) is 8.93. The topological polar surface area (TPSA) is 12.4 Å². The predicted molar refractivity (Wildman–Crippen MR) is 58.0 cm³/mol. The number of benzene rings is 1. The van der Waals surface area contributed by atoms with Gasteiger partial charge in [-0.3, -0.25) is 4.99 Å². The van der Waals surface area contributed by atoms with Gasteiger partial charge in [0.25, 0.3) is 0 Å². The predicted octanol–water partition coefficient (Wildman–Crippen LogP) is 3.50. The Hall–Kier alpha value is -1.41. The van der Waals surface area contributed by atoms with E-state index in [0.717, 1.165) is 5.69 Å². The number of para-hydroxylation sites is 1. The van der Waals surface area contributed by atoms with E-state index in [2.05, 4.69) is 11.1 Å². The van der Waals surface area contributed by atoms with Gasteiger partial charge in [-0.15, -0.1) is 11.3 Å². The van der Waals surface area contributed by atoms with Crippen LogP contribution >= 0.6 is 11.3 Å². The zero-order valence-electron chi connectivity index (χ0n) is 7.05. The van der Waals surface area contributed by atoms with Gasteiger partial charge in [0.05, 0.1) is 5.69 Å². The normalized spacial score (nSPS) is 10.8. The first kappa shape index (κ1) is 8.20. The van der Waals surface area contributed by atoms with Crippen molar-refractivity contribution in [1.29, 1.82) is 0 Å². The lowest BCUT2D eigenvalue weighted by atomic mass is 10.3. The van der Waals surface area contributed by atoms with E-state index in [1.807, 2.05) is 48.0 Å². The van der Waals surface area contributed by atoms with Gasteiger partial charge in [0.15, 0.2) is 0 Å². The SMILES string of the molecule is C(=Nc1ccccc1)c1cccs1. The molecule has 0 aliphatic rings. The average molecular weight is 187 g/mol. The number of aliphatic imine (C=N–C) groups is 1. The monoisotopic (exact) mass is 187 g/mol. The molecule has 2 rings (SSSR count). The quantitative estimate of drug-likeness (QED) is 0.638. The van der Waals surface area contributed by atoms with Crippen LogP contribution in [0, 0.1) is 0 Å². The van der Waals surface area contributed by atoms with Gasteiger partial charge in [0.2, 0.25) is 0 Å². The molecule has 0 radical (unpaired) electrons. The molecule has 0 saturated heterocycles. The lowest BCUT2D eigenvalue weighted by Gasteiger charge is -1.89. The summed E-state index contributed by atoms with van der Waals surface area (Å²) in [4.78, 5) is 5.52. The fraction of sp³-hybridized carbons (Fsp3) is 0. The van der Waals surface area contributed by atoms with Crippen molar-refractivity contribution in [1.82, 2.24) is 0 Å². The lowest BCUT2D eigenvalue weighted by molar-refractivity contribution is 1.54. The van der Waals surface area contributed by atoms with Crippen LogP contribution in [0.3, 0.4) is 0 Å². The number of nitrogens with zero attached hydrogens (tertiary/aromatic N) is 1. The summed E-state index contributed by atoms with van der Waals surface area (Å²) in [5, 5.41) is 2.05. The van der Waals surface area contributed by atoms with Gasteiger partial charge in [0.1, 0.15) is 0 Å². The Morgan fingerprint density at radius 3 is 2.54 bits per heavy atom. The third-order valence-corrected chi connectivity index (χ3v) is 2.45. The number of hydrogen-bond donors (Lipinski definition) is 0. The molecule has 1 aromatic carbocycles. The molecule has 1 heterocycles. The van der Waals surface area contributed by atoms with E-state index in [0.29, 0.717) is 0 Å². The average Bonchev–Trinajstić information content (AvgIpc) is 2.69. The number of rotatable bonds is 2. The van der Waals surface area contributed by atoms with Crippen LogP contribution < -0.4 is 0 Å². The Morgan fingerprint density at radius 2 is 1.85 bits per heavy atom. The second-order valence-corrected chi connectivity index (χ2v) is 3.59. The van der Waals surface area contributed by atoms with Crippen molar-refractivity contribution >= 4 is 23.2 Å². The van der Waals surface area contributed by atoms with E-state index in [1.54, 1.807) is 11.3 Å². The van der Waals surface area contributed by atoms with Gasteiger partial charge < -0.3 is 0 Å². The molecule has 1 nitrogen and oxygen atoms in total. The van der Waals surface area contributed by atoms with Gasteiger partial charge in [-0.2, -0.15) is 0 Å². The third kappa shape index (κ3) is 2.26. The van der Waals surface area contributed by atoms with Crippen LogP contribution in [0.1, 0.15) is 4.88 Å². The first-order valence-corrected chi connectivity index (χ1v) is 4.96. The molecule has 13 heavy (non-hydrogen) atoms. The maximum atomic E-state index is 4.33. The van der Waals surface area contributed by atoms with Crippen LogP contribution in [0.2, 0.25) is 0 Å². The van der Waals surface area contributed by atoms with E-state index in [1.165, 1.54) is 4.88 Å². The molecule has 64 valence electrons. The second-order valence-electron chi connectivity index (χ2n) is 2.61. The molecule has 0 unspecified atom stereocenters. The van der Waals surface area contributed by atoms with Crippen LogP contribution in [0.5, 0.6) is 0 Å². The molecule has 0 spiro atoms. The Morgan fingerprint density at radius 1 is 1.00 bits per heavy atom. The maximum absolute atomic E-state index is 4.33. The Bertz CT molecular complexity index is 376. The molecule has 0 fully saturated rings. The van der Waals surface area contributed by atoms with E-state index >= 15 is 0 Å². The fourth-order valence-corrected chi connectivity index (χ4v) is 1.60.